The van der Waals surface area contributed by atoms with Crippen LogP contribution in [-0.2, 0) is 18.0 Å². The van der Waals surface area contributed by atoms with Crippen molar-refractivity contribution in [3.05, 3.63) is 212 Å². The van der Waals surface area contributed by atoms with Crippen LogP contribution in [0.15, 0.2) is 195 Å². The van der Waals surface area contributed by atoms with Gasteiger partial charge in [-0.05, 0) is 84.4 Å². The summed E-state index contributed by atoms with van der Waals surface area (Å²) >= 11 is 0. The number of amides is 1. The van der Waals surface area contributed by atoms with Crippen molar-refractivity contribution in [1.29, 1.82) is 5.26 Å². The van der Waals surface area contributed by atoms with E-state index in [-0.39, 0.29) is 30.8 Å². The van der Waals surface area contributed by atoms with E-state index in [1.807, 2.05) is 133 Å². The Balaban J connectivity index is 0.000000166. The number of aliphatic hydroxyl groups excluding tert-OH is 1. The zero-order valence-corrected chi connectivity index (χ0v) is 41.9. The molecule has 1 unspecified atom stereocenters. The van der Waals surface area contributed by atoms with Gasteiger partial charge in [-0.2, -0.15) is 24.5 Å². The Labute approximate surface area is 446 Å². The zero-order chi connectivity index (χ0) is 53.4. The number of ether oxygens (including phenoxy) is 4. The molecule has 0 radical (unpaired) electrons. The summed E-state index contributed by atoms with van der Waals surface area (Å²) in [5.41, 5.74) is 7.07. The summed E-state index contributed by atoms with van der Waals surface area (Å²) in [4.78, 5) is 22.6. The third kappa shape index (κ3) is 11.0. The third-order valence-corrected chi connectivity index (χ3v) is 13.0. The normalized spacial score (nSPS) is 12.8. The van der Waals surface area contributed by atoms with Gasteiger partial charge in [-0.1, -0.05) is 86.0 Å². The van der Waals surface area contributed by atoms with Crippen LogP contribution in [0.5, 0.6) is 28.7 Å². The first-order valence-corrected chi connectivity index (χ1v) is 25.0. The predicted octanol–water partition coefficient (Wildman–Crippen LogP) is 10.3. The van der Waals surface area contributed by atoms with Gasteiger partial charge in [-0.15, -0.1) is 20.4 Å². The van der Waals surface area contributed by atoms with Crippen LogP contribution in [0.3, 0.4) is 0 Å². The number of hydrogen-bond donors (Lipinski definition) is 1. The fraction of sp³-hybridized carbons (Fsp3) is 0.133. The maximum absolute atomic E-state index is 11.8. The summed E-state index contributed by atoms with van der Waals surface area (Å²) < 4.78 is 27.9. The Morgan fingerprint density at radius 2 is 1.17 bits per heavy atom. The first kappa shape index (κ1) is 49.8. The molecule has 384 valence electrons. The molecule has 12 rings (SSSR count). The predicted molar refractivity (Wildman–Crippen MR) is 291 cm³/mol. The minimum atomic E-state index is -1.04. The van der Waals surface area contributed by atoms with Gasteiger partial charge in [0.25, 0.3) is 0 Å². The molecule has 11 aromatic rings. The van der Waals surface area contributed by atoms with Crippen LogP contribution in [-0.4, -0.2) is 84.7 Å². The van der Waals surface area contributed by atoms with Crippen LogP contribution in [0.1, 0.15) is 36.2 Å². The molecule has 6 aromatic heterocycles. The highest BCUT2D eigenvalue weighted by molar-refractivity contribution is 5.88. The monoisotopic (exact) mass is 1030 g/mol. The van der Waals surface area contributed by atoms with E-state index in [2.05, 4.69) is 43.5 Å². The number of pyridine rings is 2. The van der Waals surface area contributed by atoms with E-state index in [0.717, 1.165) is 57.4 Å². The molecule has 18 nitrogen and oxygen atoms in total. The second-order valence-electron chi connectivity index (χ2n) is 18.1. The highest BCUT2D eigenvalue weighted by Crippen LogP contribution is 2.33. The summed E-state index contributed by atoms with van der Waals surface area (Å²) in [6.07, 6.45) is 5.32. The van der Waals surface area contributed by atoms with Crippen LogP contribution in [0, 0.1) is 11.3 Å². The van der Waals surface area contributed by atoms with Crippen molar-refractivity contribution in [3.63, 3.8) is 0 Å². The summed E-state index contributed by atoms with van der Waals surface area (Å²) in [6.45, 7) is 8.82. The third-order valence-electron chi connectivity index (χ3n) is 13.0. The molecular formula is C60H48N12O6. The zero-order valence-electron chi connectivity index (χ0n) is 41.9. The molecule has 1 N–H and O–H groups in total. The largest absolute Gasteiger partial charge is 0.490 e. The Bertz CT molecular complexity index is 4010. The van der Waals surface area contributed by atoms with Crippen molar-refractivity contribution in [2.75, 3.05) is 13.1 Å². The second-order valence-corrected chi connectivity index (χ2v) is 18.1. The van der Waals surface area contributed by atoms with E-state index in [0.29, 0.717) is 70.1 Å². The summed E-state index contributed by atoms with van der Waals surface area (Å²) in [5, 5.41) is 47.2. The minimum Gasteiger partial charge on any atom is -0.490 e. The highest BCUT2D eigenvalue weighted by Gasteiger charge is 2.23. The lowest BCUT2D eigenvalue weighted by Gasteiger charge is -2.31. The number of carbonyl (C=O) groups excluding carboxylic acids is 1. The molecule has 1 amide bonds. The molecule has 0 aliphatic carbocycles. The minimum absolute atomic E-state index is 0.0302. The number of fused-ring (bicyclic) bond motifs is 4. The van der Waals surface area contributed by atoms with Crippen molar-refractivity contribution < 1.29 is 28.8 Å². The van der Waals surface area contributed by atoms with Crippen molar-refractivity contribution >= 4 is 39.0 Å². The van der Waals surface area contributed by atoms with Crippen molar-refractivity contribution in [3.8, 4) is 57.3 Å². The summed E-state index contributed by atoms with van der Waals surface area (Å²) in [6, 6.07) is 51.2. The lowest BCUT2D eigenvalue weighted by atomic mass is 10.0. The van der Waals surface area contributed by atoms with Crippen LogP contribution in [0.4, 0.5) is 0 Å². The topological polar surface area (TPSA) is 213 Å². The standard InChI is InChI=1S/C31H22N6O3.C29H26N6O3/c1-20(18-32)31(38)22-7-9-23(10-8-22)40-24-11-12-25-27(17-24)33-16-15-28(25)39-19-30-35-34-29-14-13-26(36-37(29)30)21-5-3-2-4-6-21;1-2-29(36)34-16-13-21(14-17-34)38-22-8-9-23-25(18-22)30-15-12-26(23)37-19-28-32-31-27-11-10-24(33-35(27)28)20-6-4-3-5-7-20/h2-17,31,38H,1,19H2;2-12,15,18,21H,1,13-14,16-17,19H2. The number of nitriles is 1. The molecule has 1 aliphatic heterocycles. The number of likely N-dealkylation sites (tertiary alicyclic amines) is 1. The summed E-state index contributed by atoms with van der Waals surface area (Å²) in [7, 11) is 0. The molecule has 5 aromatic carbocycles. The lowest BCUT2D eigenvalue weighted by Crippen LogP contribution is -2.41. The molecule has 0 spiro atoms. The highest BCUT2D eigenvalue weighted by atomic mass is 16.5. The van der Waals surface area contributed by atoms with Gasteiger partial charge in [0.15, 0.2) is 22.9 Å². The van der Waals surface area contributed by atoms with E-state index in [4.69, 9.17) is 34.4 Å². The number of aromatic nitrogens is 10. The van der Waals surface area contributed by atoms with Crippen LogP contribution in [0.25, 0.3) is 55.6 Å². The molecule has 1 aliphatic rings. The van der Waals surface area contributed by atoms with E-state index < -0.39 is 6.10 Å². The number of benzene rings is 5. The SMILES string of the molecule is C=C(C#N)C(O)c1ccc(Oc2ccc3c(OCc4nnc5ccc(-c6ccccc6)nn45)ccnc3c2)cc1.C=CC(=O)N1CCC(Oc2ccc3c(OCc4nnc5ccc(-c6ccccc6)nn45)ccnc3c2)CC1. The van der Waals surface area contributed by atoms with Gasteiger partial charge in [-0.25, -0.2) is 0 Å². The maximum atomic E-state index is 11.8. The number of piperidine rings is 1. The van der Waals surface area contributed by atoms with E-state index >= 15 is 0 Å². The van der Waals surface area contributed by atoms with Gasteiger partial charge in [0.2, 0.25) is 5.91 Å². The molecular weight excluding hydrogens is 985 g/mol. The molecule has 78 heavy (non-hydrogen) atoms. The lowest BCUT2D eigenvalue weighted by molar-refractivity contribution is -0.127. The number of hydrogen-bond acceptors (Lipinski definition) is 15. The van der Waals surface area contributed by atoms with Crippen molar-refractivity contribution in [2.45, 2.75) is 38.3 Å². The van der Waals surface area contributed by atoms with Gasteiger partial charge < -0.3 is 29.0 Å². The van der Waals surface area contributed by atoms with Crippen LogP contribution in [0.2, 0.25) is 0 Å². The van der Waals surface area contributed by atoms with Crippen molar-refractivity contribution in [2.24, 2.45) is 0 Å². The maximum Gasteiger partial charge on any atom is 0.245 e. The van der Waals surface area contributed by atoms with Gasteiger partial charge in [0.05, 0.1) is 34.1 Å². The van der Waals surface area contributed by atoms with E-state index in [1.165, 1.54) is 6.08 Å². The quantitative estimate of drug-likeness (QED) is 0.0747. The average Bonchev–Trinajstić information content (AvgIpc) is 4.13. The Hall–Kier alpha value is -10.4. The fourth-order valence-corrected chi connectivity index (χ4v) is 8.88. The van der Waals surface area contributed by atoms with Gasteiger partial charge >= 0.3 is 0 Å². The summed E-state index contributed by atoms with van der Waals surface area (Å²) in [5.74, 6) is 4.39. The Morgan fingerprint density at radius 3 is 1.69 bits per heavy atom. The number of rotatable bonds is 15. The van der Waals surface area contributed by atoms with Gasteiger partial charge in [0, 0.05) is 72.4 Å². The Morgan fingerprint density at radius 1 is 0.654 bits per heavy atom. The average molecular weight is 1030 g/mol. The van der Waals surface area contributed by atoms with Crippen LogP contribution >= 0.6 is 0 Å². The Kier molecular flexibility index (Phi) is 14.4. The second kappa shape index (κ2) is 22.6. The number of nitrogens with zero attached hydrogens (tertiary/aromatic N) is 12. The molecule has 0 saturated carbocycles. The molecule has 0 bridgehead atoms. The molecule has 18 heteroatoms. The van der Waals surface area contributed by atoms with Gasteiger partial charge in [0.1, 0.15) is 54.2 Å². The van der Waals surface area contributed by atoms with Gasteiger partial charge in [-0.3, -0.25) is 14.8 Å². The molecule has 1 saturated heterocycles. The first-order chi connectivity index (χ1) is 38.3. The first-order valence-electron chi connectivity index (χ1n) is 25.0. The molecule has 1 atom stereocenters. The van der Waals surface area contributed by atoms with Crippen molar-refractivity contribution in [1.82, 2.24) is 54.5 Å². The van der Waals surface area contributed by atoms with Crippen LogP contribution < -0.4 is 18.9 Å². The number of aliphatic hydroxyl groups is 1. The van der Waals surface area contributed by atoms with E-state index in [1.54, 1.807) is 56.7 Å². The molecule has 7 heterocycles. The molecule has 1 fully saturated rings. The van der Waals surface area contributed by atoms with E-state index in [9.17, 15) is 9.90 Å². The smallest absolute Gasteiger partial charge is 0.245 e. The number of carbonyl (C=O) groups is 1. The fourth-order valence-electron chi connectivity index (χ4n) is 8.88.